The minimum Gasteiger partial charge on any atom is -0.213 e. The largest absolute Gasteiger partial charge is 0.229 e. The van der Waals surface area contributed by atoms with Gasteiger partial charge in [0, 0.05) is 10.7 Å². The van der Waals surface area contributed by atoms with Crippen LogP contribution in [0.2, 0.25) is 0 Å². The van der Waals surface area contributed by atoms with E-state index < -0.39 is 9.05 Å². The zero-order valence-corrected chi connectivity index (χ0v) is 11.6. The van der Waals surface area contributed by atoms with E-state index in [4.69, 9.17) is 0 Å². The molecule has 90 valence electrons. The molecule has 0 aromatic heterocycles. The molecule has 0 unspecified atom stereocenters. The van der Waals surface area contributed by atoms with Crippen LogP contribution in [0.3, 0.4) is 0 Å². The highest BCUT2D eigenvalue weighted by Gasteiger charge is 1.83. The summed E-state index contributed by atoms with van der Waals surface area (Å²) in [5.74, 6) is 0. The summed E-state index contributed by atoms with van der Waals surface area (Å²) in [5, 5.41) is 0. The highest BCUT2D eigenvalue weighted by Crippen LogP contribution is 1.83. The Morgan fingerprint density at radius 2 is 0.800 bits per heavy atom. The lowest BCUT2D eigenvalue weighted by molar-refractivity contribution is 0.615. The molecule has 0 spiro atoms. The summed E-state index contributed by atoms with van der Waals surface area (Å²) in [6, 6.07) is 12.0. The van der Waals surface area contributed by atoms with Crippen molar-refractivity contribution in [1.29, 1.82) is 0 Å². The maximum Gasteiger partial charge on any atom is 0.229 e. The molecular formula is C11H21ClO2S. The molecule has 0 heterocycles. The molecule has 0 atom stereocenters. The summed E-state index contributed by atoms with van der Waals surface area (Å²) in [7, 11) is 1.31. The van der Waals surface area contributed by atoms with Gasteiger partial charge in [0.15, 0.2) is 0 Å². The number of hydrogen-bond donors (Lipinski definition) is 0. The van der Waals surface area contributed by atoms with Crippen molar-refractivity contribution >= 4 is 19.7 Å². The fourth-order valence-corrected chi connectivity index (χ4v) is 0.385. The van der Waals surface area contributed by atoms with Crippen molar-refractivity contribution in [2.45, 2.75) is 27.7 Å². The van der Waals surface area contributed by atoms with Crippen LogP contribution in [-0.2, 0) is 9.05 Å². The molecular weight excluding hydrogens is 232 g/mol. The van der Waals surface area contributed by atoms with E-state index in [-0.39, 0.29) is 0 Å². The zero-order chi connectivity index (χ0) is 12.7. The van der Waals surface area contributed by atoms with Gasteiger partial charge in [-0.15, -0.1) is 0 Å². The first-order chi connectivity index (χ1) is 7.00. The molecule has 0 N–H and O–H groups in total. The third kappa shape index (κ3) is 59.3. The molecule has 0 saturated heterocycles. The number of hydrogen-bond acceptors (Lipinski definition) is 2. The molecule has 1 aromatic rings. The molecule has 4 heteroatoms. The third-order valence-corrected chi connectivity index (χ3v) is 0.667. The summed E-state index contributed by atoms with van der Waals surface area (Å²) < 4.78 is 18.8. The van der Waals surface area contributed by atoms with Crippen LogP contribution in [0.1, 0.15) is 27.7 Å². The van der Waals surface area contributed by atoms with Gasteiger partial charge in [-0.1, -0.05) is 64.1 Å². The van der Waals surface area contributed by atoms with Crippen LogP contribution in [0.25, 0.3) is 0 Å². The van der Waals surface area contributed by atoms with E-state index in [2.05, 4.69) is 10.7 Å². The Hall–Kier alpha value is -0.540. The molecule has 1 aromatic carbocycles. The van der Waals surface area contributed by atoms with Crippen LogP contribution in [0.5, 0.6) is 0 Å². The van der Waals surface area contributed by atoms with Gasteiger partial charge in [0.25, 0.3) is 0 Å². The van der Waals surface area contributed by atoms with Gasteiger partial charge < -0.3 is 0 Å². The third-order valence-electron chi connectivity index (χ3n) is 0.667. The topological polar surface area (TPSA) is 34.1 Å². The normalized spacial score (nSPS) is 7.87. The highest BCUT2D eigenvalue weighted by molar-refractivity contribution is 8.13. The highest BCUT2D eigenvalue weighted by atomic mass is 35.7. The average Bonchev–Trinajstić information content (AvgIpc) is 2.24. The summed E-state index contributed by atoms with van der Waals surface area (Å²) in [4.78, 5) is 0. The molecule has 15 heavy (non-hydrogen) atoms. The predicted octanol–water partition coefficient (Wildman–Crippen LogP) is 3.92. The molecule has 0 radical (unpaired) electrons. The molecule has 0 saturated carbocycles. The first-order valence-electron chi connectivity index (χ1n) is 4.90. The maximum absolute atomic E-state index is 9.40. The molecule has 0 amide bonds. The second kappa shape index (κ2) is 15.9. The molecule has 0 bridgehead atoms. The monoisotopic (exact) mass is 252 g/mol. The van der Waals surface area contributed by atoms with Crippen molar-refractivity contribution in [2.75, 3.05) is 6.26 Å². The van der Waals surface area contributed by atoms with Crippen molar-refractivity contribution < 1.29 is 8.42 Å². The fraction of sp³-hybridized carbons (Fsp3) is 0.455. The smallest absolute Gasteiger partial charge is 0.213 e. The van der Waals surface area contributed by atoms with Crippen molar-refractivity contribution in [3.05, 3.63) is 36.4 Å². The summed E-state index contributed by atoms with van der Waals surface area (Å²) in [5.41, 5.74) is 0. The van der Waals surface area contributed by atoms with Gasteiger partial charge in [0.1, 0.15) is 0 Å². The molecule has 0 aliphatic heterocycles. The van der Waals surface area contributed by atoms with Gasteiger partial charge in [-0.3, -0.25) is 0 Å². The Bertz CT molecular complexity index is 235. The van der Waals surface area contributed by atoms with E-state index in [1.54, 1.807) is 0 Å². The summed E-state index contributed by atoms with van der Waals surface area (Å²) in [6.07, 6.45) is 0.925. The first kappa shape index (κ1) is 19.9. The second-order valence-electron chi connectivity index (χ2n) is 1.84. The Morgan fingerprint density at radius 3 is 0.867 bits per heavy atom. The molecule has 0 aliphatic rings. The molecule has 0 aliphatic carbocycles. The Morgan fingerprint density at radius 1 is 0.733 bits per heavy atom. The predicted molar refractivity (Wildman–Crippen MR) is 69.8 cm³/mol. The van der Waals surface area contributed by atoms with Crippen molar-refractivity contribution in [3.63, 3.8) is 0 Å². The van der Waals surface area contributed by atoms with Crippen LogP contribution >= 0.6 is 10.7 Å². The lowest BCUT2D eigenvalue weighted by atomic mass is 10.4. The summed E-state index contributed by atoms with van der Waals surface area (Å²) in [6.45, 7) is 8.00. The van der Waals surface area contributed by atoms with E-state index in [0.717, 1.165) is 6.26 Å². The van der Waals surface area contributed by atoms with Crippen molar-refractivity contribution in [2.24, 2.45) is 0 Å². The van der Waals surface area contributed by atoms with Crippen LogP contribution in [0, 0.1) is 0 Å². The minimum atomic E-state index is -3.19. The van der Waals surface area contributed by atoms with Crippen LogP contribution in [0.4, 0.5) is 0 Å². The van der Waals surface area contributed by atoms with E-state index in [1.807, 2.05) is 64.1 Å². The van der Waals surface area contributed by atoms with Gasteiger partial charge in [0.2, 0.25) is 9.05 Å². The SMILES string of the molecule is CC.CC.CS(=O)(=O)Cl.c1ccccc1. The Kier molecular flexibility index (Phi) is 21.2. The van der Waals surface area contributed by atoms with Crippen LogP contribution in [0.15, 0.2) is 36.4 Å². The Labute approximate surface area is 98.7 Å². The Balaban J connectivity index is -0.000000146. The van der Waals surface area contributed by atoms with Crippen LogP contribution < -0.4 is 0 Å². The maximum atomic E-state index is 9.40. The van der Waals surface area contributed by atoms with Gasteiger partial charge in [-0.25, -0.2) is 8.42 Å². The zero-order valence-electron chi connectivity index (χ0n) is 10.1. The number of benzene rings is 1. The van der Waals surface area contributed by atoms with E-state index >= 15 is 0 Å². The van der Waals surface area contributed by atoms with Gasteiger partial charge in [-0.2, -0.15) is 0 Å². The van der Waals surface area contributed by atoms with Gasteiger partial charge >= 0.3 is 0 Å². The molecule has 0 fully saturated rings. The lowest BCUT2D eigenvalue weighted by Gasteiger charge is -1.69. The standard InChI is InChI=1S/C6H6.2C2H6.CH3ClO2S/c1-2-4-6-5-3-1;2*1-2;1-5(2,3)4/h1-6H;2*1-2H3;1H3. The van der Waals surface area contributed by atoms with E-state index in [0.29, 0.717) is 0 Å². The summed E-state index contributed by atoms with van der Waals surface area (Å²) >= 11 is 0. The minimum absolute atomic E-state index is 0.925. The average molecular weight is 253 g/mol. The number of rotatable bonds is 0. The van der Waals surface area contributed by atoms with E-state index in [1.165, 1.54) is 0 Å². The van der Waals surface area contributed by atoms with Crippen molar-refractivity contribution in [1.82, 2.24) is 0 Å². The second-order valence-corrected chi connectivity index (χ2v) is 4.88. The number of halogens is 1. The lowest BCUT2D eigenvalue weighted by Crippen LogP contribution is -1.76. The first-order valence-corrected chi connectivity index (χ1v) is 7.61. The fourth-order valence-electron chi connectivity index (χ4n) is 0.385. The molecule has 2 nitrogen and oxygen atoms in total. The van der Waals surface area contributed by atoms with Crippen LogP contribution in [-0.4, -0.2) is 14.7 Å². The van der Waals surface area contributed by atoms with Gasteiger partial charge in [0.05, 0.1) is 6.26 Å². The van der Waals surface area contributed by atoms with E-state index in [9.17, 15) is 8.42 Å². The quantitative estimate of drug-likeness (QED) is 0.656. The molecule has 1 rings (SSSR count). The van der Waals surface area contributed by atoms with Crippen molar-refractivity contribution in [3.8, 4) is 0 Å². The van der Waals surface area contributed by atoms with Gasteiger partial charge in [-0.05, 0) is 0 Å².